The smallest absolute Gasteiger partial charge is 0.378 e. The van der Waals surface area contributed by atoms with Gasteiger partial charge < -0.3 is 14.8 Å². The summed E-state index contributed by atoms with van der Waals surface area (Å²) in [6, 6.07) is 6.73. The lowest BCUT2D eigenvalue weighted by Gasteiger charge is -2.40. The van der Waals surface area contributed by atoms with Crippen LogP contribution in [0.1, 0.15) is 40.5 Å². The minimum atomic E-state index is -1.71. The Labute approximate surface area is 141 Å². The number of nitrogens with one attached hydrogen (secondary N) is 1. The number of para-hydroxylation sites is 2. The molecular formula is C18H23NO5. The molecule has 1 heterocycles. The zero-order valence-electron chi connectivity index (χ0n) is 14.4. The molecule has 1 N–H and O–H groups in total. The Bertz CT molecular complexity index is 657. The number of ether oxygens (including phenoxy) is 2. The Morgan fingerprint density at radius 1 is 1.12 bits per heavy atom. The summed E-state index contributed by atoms with van der Waals surface area (Å²) in [6.07, 6.45) is 1.09. The number of esters is 1. The first-order valence-electron chi connectivity index (χ1n) is 8.22. The Morgan fingerprint density at radius 2 is 1.75 bits per heavy atom. The van der Waals surface area contributed by atoms with Gasteiger partial charge >= 0.3 is 5.97 Å². The zero-order valence-corrected chi connectivity index (χ0v) is 14.4. The summed E-state index contributed by atoms with van der Waals surface area (Å²) >= 11 is 0. The predicted molar refractivity (Wildman–Crippen MR) is 87.5 cm³/mol. The van der Waals surface area contributed by atoms with E-state index in [1.54, 1.807) is 38.1 Å². The maximum Gasteiger partial charge on any atom is 0.378 e. The molecule has 0 spiro atoms. The van der Waals surface area contributed by atoms with Gasteiger partial charge in [0.2, 0.25) is 5.78 Å². The number of rotatable bonds is 6. The number of hydrogen-bond donors (Lipinski definition) is 1. The van der Waals surface area contributed by atoms with E-state index in [1.807, 2.05) is 13.8 Å². The maximum absolute atomic E-state index is 12.6. The first-order chi connectivity index (χ1) is 11.4. The first kappa shape index (κ1) is 18.0. The summed E-state index contributed by atoms with van der Waals surface area (Å²) in [5.74, 6) is -2.28. The van der Waals surface area contributed by atoms with Crippen LogP contribution in [-0.2, 0) is 14.4 Å². The van der Waals surface area contributed by atoms with Crippen LogP contribution in [-0.4, -0.2) is 23.4 Å². The van der Waals surface area contributed by atoms with Crippen molar-refractivity contribution in [2.45, 2.75) is 46.3 Å². The van der Waals surface area contributed by atoms with E-state index < -0.39 is 29.3 Å². The molecule has 0 aliphatic carbocycles. The van der Waals surface area contributed by atoms with Gasteiger partial charge in [-0.3, -0.25) is 9.59 Å². The van der Waals surface area contributed by atoms with Crippen LogP contribution in [0.15, 0.2) is 24.3 Å². The highest BCUT2D eigenvalue weighted by Gasteiger charge is 2.52. The van der Waals surface area contributed by atoms with Crippen LogP contribution in [0, 0.1) is 11.8 Å². The van der Waals surface area contributed by atoms with Gasteiger partial charge in [-0.05, 0) is 25.0 Å². The third kappa shape index (κ3) is 3.13. The number of carbonyl (C=O) groups excluding carboxylic acids is 3. The van der Waals surface area contributed by atoms with E-state index in [2.05, 4.69) is 5.32 Å². The van der Waals surface area contributed by atoms with Crippen LogP contribution >= 0.6 is 0 Å². The topological polar surface area (TPSA) is 81.7 Å². The van der Waals surface area contributed by atoms with E-state index in [-0.39, 0.29) is 5.92 Å². The van der Waals surface area contributed by atoms with Crippen molar-refractivity contribution in [3.63, 3.8) is 0 Å². The second-order valence-corrected chi connectivity index (χ2v) is 6.11. The van der Waals surface area contributed by atoms with Gasteiger partial charge in [-0.1, -0.05) is 39.8 Å². The Kier molecular flexibility index (Phi) is 5.26. The van der Waals surface area contributed by atoms with Gasteiger partial charge in [-0.2, -0.15) is 0 Å². The number of ketones is 1. The van der Waals surface area contributed by atoms with E-state index in [0.717, 1.165) is 0 Å². The molecule has 1 aromatic carbocycles. The summed E-state index contributed by atoms with van der Waals surface area (Å²) in [5.41, 5.74) is -1.71. The molecule has 130 valence electrons. The molecule has 0 radical (unpaired) electrons. The van der Waals surface area contributed by atoms with E-state index >= 15 is 0 Å². The summed E-state index contributed by atoms with van der Waals surface area (Å²) in [5, 5.41) is 2.50. The Hall–Kier alpha value is -2.37. The van der Waals surface area contributed by atoms with E-state index in [4.69, 9.17) is 9.47 Å². The second kappa shape index (κ2) is 7.03. The second-order valence-electron chi connectivity index (χ2n) is 6.11. The quantitative estimate of drug-likeness (QED) is 0.491. The van der Waals surface area contributed by atoms with Crippen LogP contribution in [0.25, 0.3) is 0 Å². The zero-order chi connectivity index (χ0) is 17.9. The van der Waals surface area contributed by atoms with Gasteiger partial charge in [-0.25, -0.2) is 4.79 Å². The lowest BCUT2D eigenvalue weighted by atomic mass is 9.92. The fraction of sp³-hybridized carbons (Fsp3) is 0.500. The number of Topliss-reactive ketones (excluding diaryl/α,β-unsaturated/α-hetero) is 1. The molecule has 24 heavy (non-hydrogen) atoms. The van der Waals surface area contributed by atoms with Crippen molar-refractivity contribution in [2.24, 2.45) is 11.8 Å². The molecule has 3 atom stereocenters. The fourth-order valence-corrected chi connectivity index (χ4v) is 2.44. The average molecular weight is 333 g/mol. The summed E-state index contributed by atoms with van der Waals surface area (Å²) in [7, 11) is 0. The third-order valence-corrected chi connectivity index (χ3v) is 4.52. The van der Waals surface area contributed by atoms with Crippen LogP contribution in [0.4, 0.5) is 0 Å². The molecule has 6 heteroatoms. The lowest BCUT2D eigenvalue weighted by molar-refractivity contribution is -0.170. The third-order valence-electron chi connectivity index (χ3n) is 4.52. The van der Waals surface area contributed by atoms with Gasteiger partial charge in [0.1, 0.15) is 0 Å². The molecule has 1 unspecified atom stereocenters. The number of amides is 1. The van der Waals surface area contributed by atoms with Crippen molar-refractivity contribution in [1.82, 2.24) is 5.32 Å². The van der Waals surface area contributed by atoms with Crippen LogP contribution < -0.4 is 14.8 Å². The highest BCUT2D eigenvalue weighted by molar-refractivity contribution is 6.37. The number of fused-ring (bicyclic) bond motifs is 1. The Balaban J connectivity index is 2.36. The normalized spacial score (nSPS) is 21.8. The Morgan fingerprint density at radius 3 is 2.33 bits per heavy atom. The minimum absolute atomic E-state index is 0.295. The molecule has 1 aromatic rings. The maximum atomic E-state index is 12.6. The molecule has 1 aliphatic rings. The van der Waals surface area contributed by atoms with E-state index in [0.29, 0.717) is 24.3 Å². The number of hydrogen-bond acceptors (Lipinski definition) is 5. The summed E-state index contributed by atoms with van der Waals surface area (Å²) < 4.78 is 11.2. The monoisotopic (exact) mass is 333 g/mol. The molecule has 0 bridgehead atoms. The van der Waals surface area contributed by atoms with Crippen molar-refractivity contribution >= 4 is 17.7 Å². The van der Waals surface area contributed by atoms with Gasteiger partial charge in [0.05, 0.1) is 0 Å². The average Bonchev–Trinajstić information content (AvgIpc) is 2.59. The van der Waals surface area contributed by atoms with Crippen molar-refractivity contribution in [3.8, 4) is 11.5 Å². The first-order valence-corrected chi connectivity index (χ1v) is 8.22. The molecule has 6 nitrogen and oxygen atoms in total. The summed E-state index contributed by atoms with van der Waals surface area (Å²) in [6.45, 7) is 7.13. The van der Waals surface area contributed by atoms with Crippen molar-refractivity contribution in [1.29, 1.82) is 0 Å². The van der Waals surface area contributed by atoms with Crippen LogP contribution in [0.3, 0.4) is 0 Å². The van der Waals surface area contributed by atoms with E-state index in [9.17, 15) is 14.4 Å². The molecule has 1 amide bonds. The van der Waals surface area contributed by atoms with Crippen molar-refractivity contribution in [3.05, 3.63) is 24.3 Å². The SMILES string of the molecule is CC[C@H](C)C(=O)C(=O)NC1([C@@H](C)CC)Oc2ccccc2OC1=O. The minimum Gasteiger partial charge on any atom is -0.452 e. The molecule has 0 saturated heterocycles. The number of benzene rings is 1. The van der Waals surface area contributed by atoms with Crippen molar-refractivity contribution in [2.75, 3.05) is 0 Å². The highest BCUT2D eigenvalue weighted by Crippen LogP contribution is 2.38. The van der Waals surface area contributed by atoms with Gasteiger partial charge in [-0.15, -0.1) is 0 Å². The van der Waals surface area contributed by atoms with E-state index in [1.165, 1.54) is 0 Å². The van der Waals surface area contributed by atoms with Gasteiger partial charge in [0.15, 0.2) is 11.5 Å². The lowest BCUT2D eigenvalue weighted by Crippen LogP contribution is -2.66. The number of carbonyl (C=O) groups is 3. The van der Waals surface area contributed by atoms with Crippen LogP contribution in [0.2, 0.25) is 0 Å². The van der Waals surface area contributed by atoms with Gasteiger partial charge in [0.25, 0.3) is 11.6 Å². The standard InChI is InChI=1S/C18H23NO5/c1-5-11(3)15(20)16(21)19-18(12(4)6-2)17(22)23-13-9-7-8-10-14(13)24-18/h7-12H,5-6H2,1-4H3,(H,19,21)/t11-,12-,18?/m0/s1. The van der Waals surface area contributed by atoms with Crippen LogP contribution in [0.5, 0.6) is 11.5 Å². The molecule has 0 saturated carbocycles. The summed E-state index contributed by atoms with van der Waals surface area (Å²) in [4.78, 5) is 37.1. The van der Waals surface area contributed by atoms with Gasteiger partial charge in [0, 0.05) is 11.8 Å². The predicted octanol–water partition coefficient (Wildman–Crippen LogP) is 2.46. The molecule has 0 aromatic heterocycles. The molecule has 0 fully saturated rings. The van der Waals surface area contributed by atoms with Crippen molar-refractivity contribution < 1.29 is 23.9 Å². The fourth-order valence-electron chi connectivity index (χ4n) is 2.44. The molecule has 2 rings (SSSR count). The molecular weight excluding hydrogens is 310 g/mol. The highest BCUT2D eigenvalue weighted by atomic mass is 16.6. The largest absolute Gasteiger partial charge is 0.452 e. The molecule has 1 aliphatic heterocycles.